The van der Waals surface area contributed by atoms with E-state index in [2.05, 4.69) is 9.30 Å². The summed E-state index contributed by atoms with van der Waals surface area (Å²) < 4.78 is 49.7. The molecule has 0 spiro atoms. The van der Waals surface area contributed by atoms with Crippen LogP contribution >= 0.6 is 0 Å². The summed E-state index contributed by atoms with van der Waals surface area (Å²) in [6.07, 6.45) is -2.09. The van der Waals surface area contributed by atoms with Gasteiger partial charge in [-0.25, -0.2) is 0 Å². The highest BCUT2D eigenvalue weighted by Crippen LogP contribution is 2.34. The number of carboxylic acids is 1. The van der Waals surface area contributed by atoms with E-state index in [0.29, 0.717) is 16.9 Å². The maximum absolute atomic E-state index is 12.6. The van der Waals surface area contributed by atoms with E-state index < -0.39 is 18.1 Å². The summed E-state index contributed by atoms with van der Waals surface area (Å²) in [5.74, 6) is -1.20. The zero-order chi connectivity index (χ0) is 22.9. The van der Waals surface area contributed by atoms with Gasteiger partial charge in [0.05, 0.1) is 18.1 Å². The number of aromatic nitrogens is 1. The monoisotopic (exact) mass is 444 g/mol. The maximum atomic E-state index is 12.6. The second kappa shape index (κ2) is 8.46. The Balaban J connectivity index is 1.66. The van der Waals surface area contributed by atoms with Gasteiger partial charge in [-0.3, -0.25) is 4.79 Å². The number of rotatable bonds is 6. The lowest BCUT2D eigenvalue weighted by Crippen LogP contribution is -2.17. The van der Waals surface area contributed by atoms with Crippen LogP contribution in [0.4, 0.5) is 13.2 Å². The molecule has 2 aromatic carbocycles. The fourth-order valence-electron chi connectivity index (χ4n) is 4.11. The molecule has 4 rings (SSSR count). The van der Waals surface area contributed by atoms with Crippen LogP contribution in [-0.4, -0.2) is 22.0 Å². The molecule has 0 saturated carbocycles. The van der Waals surface area contributed by atoms with Gasteiger partial charge in [0.1, 0.15) is 18.1 Å². The van der Waals surface area contributed by atoms with Gasteiger partial charge in [0.2, 0.25) is 0 Å². The van der Waals surface area contributed by atoms with Crippen LogP contribution in [0.2, 0.25) is 0 Å². The highest BCUT2D eigenvalue weighted by molar-refractivity contribution is 5.90. The number of halogens is 3. The summed E-state index contributed by atoms with van der Waals surface area (Å²) in [7, 11) is 0. The molecule has 0 aliphatic carbocycles. The highest BCUT2D eigenvalue weighted by atomic mass is 19.4. The van der Waals surface area contributed by atoms with E-state index in [1.54, 1.807) is 12.1 Å². The summed E-state index contributed by atoms with van der Waals surface area (Å²) in [5, 5.41) is 19.3. The first kappa shape index (κ1) is 21.6. The Morgan fingerprint density at radius 2 is 2.00 bits per heavy atom. The number of carbonyl (C=O) groups is 1. The Morgan fingerprint density at radius 1 is 1.19 bits per heavy atom. The second-order valence-electron chi connectivity index (χ2n) is 7.60. The van der Waals surface area contributed by atoms with Crippen molar-refractivity contribution in [2.45, 2.75) is 45.2 Å². The summed E-state index contributed by atoms with van der Waals surface area (Å²) in [6.45, 7) is 0.712. The summed E-state index contributed by atoms with van der Waals surface area (Å²) >= 11 is 0. The van der Waals surface area contributed by atoms with Crippen LogP contribution in [0.1, 0.15) is 35.2 Å². The first-order valence-electron chi connectivity index (χ1n) is 10.0. The molecule has 9 heteroatoms. The van der Waals surface area contributed by atoms with Crippen molar-refractivity contribution in [3.05, 3.63) is 58.8 Å². The first-order valence-corrected chi connectivity index (χ1v) is 10.0. The predicted molar refractivity (Wildman–Crippen MR) is 108 cm³/mol. The zero-order valence-corrected chi connectivity index (χ0v) is 16.9. The van der Waals surface area contributed by atoms with E-state index >= 15 is 0 Å². The number of hydrogen-bond donors (Lipinski definition) is 1. The quantitative estimate of drug-likeness (QED) is 0.581. The molecule has 0 radical (unpaired) electrons. The number of nitriles is 1. The Labute approximate surface area is 181 Å². The van der Waals surface area contributed by atoms with Crippen molar-refractivity contribution in [1.82, 2.24) is 4.57 Å². The lowest BCUT2D eigenvalue weighted by Gasteiger charge is -2.16. The van der Waals surface area contributed by atoms with Crippen LogP contribution in [0.3, 0.4) is 0 Å². The van der Waals surface area contributed by atoms with Gasteiger partial charge in [-0.05, 0) is 61.2 Å². The average molecular weight is 444 g/mol. The topological polar surface area (TPSA) is 84.5 Å². The van der Waals surface area contributed by atoms with Crippen molar-refractivity contribution in [2.75, 3.05) is 0 Å². The first-order chi connectivity index (χ1) is 15.2. The Kier molecular flexibility index (Phi) is 5.70. The van der Waals surface area contributed by atoms with Crippen LogP contribution in [0.5, 0.6) is 11.5 Å². The molecule has 0 atom stereocenters. The van der Waals surface area contributed by atoms with E-state index in [9.17, 15) is 23.1 Å². The van der Waals surface area contributed by atoms with E-state index in [-0.39, 0.29) is 18.6 Å². The normalized spacial score (nSPS) is 13.4. The molecule has 166 valence electrons. The fourth-order valence-corrected chi connectivity index (χ4v) is 4.11. The van der Waals surface area contributed by atoms with Gasteiger partial charge in [-0.2, -0.15) is 5.26 Å². The van der Waals surface area contributed by atoms with Crippen LogP contribution in [0.25, 0.3) is 10.9 Å². The third-order valence-corrected chi connectivity index (χ3v) is 5.36. The smallest absolute Gasteiger partial charge is 0.489 e. The van der Waals surface area contributed by atoms with Crippen molar-refractivity contribution in [3.8, 4) is 17.6 Å². The molecule has 1 aromatic heterocycles. The number of hydrogen-bond acceptors (Lipinski definition) is 4. The molecular weight excluding hydrogens is 425 g/mol. The van der Waals surface area contributed by atoms with Gasteiger partial charge < -0.3 is 19.1 Å². The minimum absolute atomic E-state index is 0.00771. The molecule has 1 aliphatic heterocycles. The minimum atomic E-state index is -4.89. The molecule has 0 fully saturated rings. The number of nitrogens with zero attached hydrogens (tertiary/aromatic N) is 2. The third-order valence-electron chi connectivity index (χ3n) is 5.36. The van der Waals surface area contributed by atoms with Crippen LogP contribution < -0.4 is 9.47 Å². The average Bonchev–Trinajstić information content (AvgIpc) is 3.10. The number of aryl methyl sites for hydroxylation is 2. The van der Waals surface area contributed by atoms with Crippen LogP contribution in [0, 0.1) is 11.3 Å². The number of ether oxygens (including phenoxy) is 2. The summed E-state index contributed by atoms with van der Waals surface area (Å²) in [5.41, 5.74) is 2.88. The Bertz CT molecular complexity index is 1220. The predicted octanol–water partition coefficient (Wildman–Crippen LogP) is 4.95. The molecule has 0 bridgehead atoms. The van der Waals surface area contributed by atoms with E-state index in [1.807, 2.05) is 12.1 Å². The van der Waals surface area contributed by atoms with E-state index in [4.69, 9.17) is 10.00 Å². The molecule has 3 aromatic rings. The molecule has 0 saturated heterocycles. The maximum Gasteiger partial charge on any atom is 0.573 e. The largest absolute Gasteiger partial charge is 0.573 e. The number of aliphatic carboxylic acids is 1. The Morgan fingerprint density at radius 3 is 2.72 bits per heavy atom. The summed E-state index contributed by atoms with van der Waals surface area (Å²) in [4.78, 5) is 11.5. The number of carboxylic acid groups (broad SMARTS) is 1. The molecule has 0 unspecified atom stereocenters. The zero-order valence-electron chi connectivity index (χ0n) is 16.9. The van der Waals surface area contributed by atoms with Gasteiger partial charge in [-0.15, -0.1) is 13.2 Å². The fraction of sp³-hybridized carbons (Fsp3) is 0.304. The van der Waals surface area contributed by atoms with Crippen molar-refractivity contribution in [3.63, 3.8) is 0 Å². The Hall–Kier alpha value is -3.67. The van der Waals surface area contributed by atoms with Crippen molar-refractivity contribution < 1.29 is 32.5 Å². The molecule has 2 heterocycles. The SMILES string of the molecule is N#Cc1cc(COc2ccc3c(cc4n3CCCC4)c2CC(=O)O)cc(OC(F)(F)F)c1. The number of benzene rings is 2. The lowest BCUT2D eigenvalue weighted by molar-refractivity contribution is -0.274. The third kappa shape index (κ3) is 4.64. The van der Waals surface area contributed by atoms with E-state index in [0.717, 1.165) is 54.5 Å². The molecule has 32 heavy (non-hydrogen) atoms. The standard InChI is InChI=1S/C23H19F3N2O4/c24-23(25,26)32-17-8-14(12-27)7-15(9-17)13-31-21-5-4-20-18(19(21)11-22(29)30)10-16-3-1-2-6-28(16)20/h4-5,7-10H,1-3,6,11,13H2,(H,29,30). The number of alkyl halides is 3. The second-order valence-corrected chi connectivity index (χ2v) is 7.60. The van der Waals surface area contributed by atoms with Gasteiger partial charge in [0.15, 0.2) is 0 Å². The summed E-state index contributed by atoms with van der Waals surface area (Å²) in [6, 6.07) is 10.9. The molecule has 6 nitrogen and oxygen atoms in total. The molecule has 1 N–H and O–H groups in total. The van der Waals surface area contributed by atoms with Crippen molar-refractivity contribution in [2.24, 2.45) is 0 Å². The van der Waals surface area contributed by atoms with Crippen LogP contribution in [0.15, 0.2) is 36.4 Å². The lowest BCUT2D eigenvalue weighted by atomic mass is 10.0. The van der Waals surface area contributed by atoms with Crippen molar-refractivity contribution >= 4 is 16.9 Å². The van der Waals surface area contributed by atoms with Gasteiger partial charge in [-0.1, -0.05) is 0 Å². The van der Waals surface area contributed by atoms with Crippen LogP contribution in [-0.2, 0) is 30.8 Å². The van der Waals surface area contributed by atoms with Crippen molar-refractivity contribution in [1.29, 1.82) is 5.26 Å². The van der Waals surface area contributed by atoms with Gasteiger partial charge >= 0.3 is 12.3 Å². The highest BCUT2D eigenvalue weighted by Gasteiger charge is 2.31. The number of fused-ring (bicyclic) bond motifs is 3. The minimum Gasteiger partial charge on any atom is -0.489 e. The molecule has 0 amide bonds. The molecular formula is C23H19F3N2O4. The molecule has 1 aliphatic rings. The van der Waals surface area contributed by atoms with Gasteiger partial charge in [0, 0.05) is 28.7 Å². The van der Waals surface area contributed by atoms with E-state index in [1.165, 1.54) is 6.07 Å². The van der Waals surface area contributed by atoms with Gasteiger partial charge in [0.25, 0.3) is 0 Å².